The fraction of sp³-hybridized carbons (Fsp3) is 0.600. The summed E-state index contributed by atoms with van der Waals surface area (Å²) in [5.74, 6) is 0.247. The molecule has 112 valence electrons. The highest BCUT2D eigenvalue weighted by molar-refractivity contribution is 7.89. The van der Waals surface area contributed by atoms with Gasteiger partial charge in [-0.1, -0.05) is 36.8 Å². The van der Waals surface area contributed by atoms with Crippen molar-refractivity contribution in [2.45, 2.75) is 26.3 Å². The molecule has 20 heavy (non-hydrogen) atoms. The fourth-order valence-electron chi connectivity index (χ4n) is 2.64. The van der Waals surface area contributed by atoms with Gasteiger partial charge < -0.3 is 0 Å². The minimum Gasteiger partial charge on any atom is -0.297 e. The Morgan fingerprint density at radius 1 is 1.20 bits per heavy atom. The zero-order valence-electron chi connectivity index (χ0n) is 12.5. The lowest BCUT2D eigenvalue weighted by molar-refractivity contribution is 0.148. The van der Waals surface area contributed by atoms with Crippen LogP contribution in [0.25, 0.3) is 0 Å². The topological polar surface area (TPSA) is 40.6 Å². The smallest absolute Gasteiger partial charge is 0.214 e. The van der Waals surface area contributed by atoms with Gasteiger partial charge in [0.25, 0.3) is 0 Å². The second-order valence-electron chi connectivity index (χ2n) is 5.58. The Hall–Kier alpha value is -0.910. The summed E-state index contributed by atoms with van der Waals surface area (Å²) in [5.41, 5.74) is 2.41. The summed E-state index contributed by atoms with van der Waals surface area (Å²) in [4.78, 5) is 2.24. The molecule has 0 N–H and O–H groups in total. The summed E-state index contributed by atoms with van der Waals surface area (Å²) in [6, 6.07) is 8.53. The van der Waals surface area contributed by atoms with Gasteiger partial charge in [0.05, 0.1) is 5.75 Å². The molecule has 1 aromatic carbocycles. The molecule has 1 fully saturated rings. The highest BCUT2D eigenvalue weighted by atomic mass is 32.2. The van der Waals surface area contributed by atoms with Gasteiger partial charge in [0.2, 0.25) is 10.0 Å². The Labute approximate surface area is 122 Å². The number of benzene rings is 1. The van der Waals surface area contributed by atoms with E-state index in [1.54, 1.807) is 4.31 Å². The molecule has 2 rings (SSSR count). The molecule has 1 heterocycles. The lowest BCUT2D eigenvalue weighted by Crippen LogP contribution is -2.49. The number of piperazine rings is 1. The molecule has 4 nitrogen and oxygen atoms in total. The first-order valence-corrected chi connectivity index (χ1v) is 8.79. The Kier molecular flexibility index (Phi) is 4.83. The molecule has 1 atom stereocenters. The lowest BCUT2D eigenvalue weighted by atomic mass is 10.0. The van der Waals surface area contributed by atoms with Gasteiger partial charge in [-0.3, -0.25) is 4.90 Å². The Morgan fingerprint density at radius 3 is 2.45 bits per heavy atom. The van der Waals surface area contributed by atoms with Crippen molar-refractivity contribution >= 4 is 10.0 Å². The number of aryl methyl sites for hydroxylation is 1. The quantitative estimate of drug-likeness (QED) is 0.853. The normalized spacial score (nSPS) is 22.1. The van der Waals surface area contributed by atoms with Gasteiger partial charge in [0.1, 0.15) is 0 Å². The molecule has 0 aliphatic carbocycles. The summed E-state index contributed by atoms with van der Waals surface area (Å²) in [6.07, 6.45) is 0.671. The van der Waals surface area contributed by atoms with E-state index in [1.807, 2.05) is 6.92 Å². The summed E-state index contributed by atoms with van der Waals surface area (Å²) < 4.78 is 26.1. The van der Waals surface area contributed by atoms with Crippen LogP contribution in [0.3, 0.4) is 0 Å². The Balaban J connectivity index is 2.18. The van der Waals surface area contributed by atoms with E-state index in [0.717, 1.165) is 6.54 Å². The summed E-state index contributed by atoms with van der Waals surface area (Å²) in [7, 11) is -1.04. The average Bonchev–Trinajstić information content (AvgIpc) is 2.40. The number of hydrogen-bond acceptors (Lipinski definition) is 3. The minimum absolute atomic E-state index is 0.149. The number of likely N-dealkylation sites (N-methyl/N-ethyl adjacent to an activating group) is 1. The second kappa shape index (κ2) is 6.24. The zero-order chi connectivity index (χ0) is 14.8. The highest BCUT2D eigenvalue weighted by Gasteiger charge is 2.31. The van der Waals surface area contributed by atoms with Crippen LogP contribution in [-0.2, 0) is 10.0 Å². The molecule has 0 radical (unpaired) electrons. The monoisotopic (exact) mass is 296 g/mol. The van der Waals surface area contributed by atoms with Crippen LogP contribution >= 0.6 is 0 Å². The van der Waals surface area contributed by atoms with Crippen molar-refractivity contribution in [1.29, 1.82) is 0 Å². The van der Waals surface area contributed by atoms with Crippen LogP contribution in [-0.4, -0.2) is 50.1 Å². The van der Waals surface area contributed by atoms with Crippen LogP contribution in [0.5, 0.6) is 0 Å². The molecule has 1 aliphatic rings. The molecule has 1 unspecified atom stereocenters. The van der Waals surface area contributed by atoms with Crippen molar-refractivity contribution in [3.63, 3.8) is 0 Å². The first kappa shape index (κ1) is 15.5. The van der Waals surface area contributed by atoms with E-state index in [4.69, 9.17) is 0 Å². The maximum absolute atomic E-state index is 12.2. The van der Waals surface area contributed by atoms with Crippen molar-refractivity contribution in [2.75, 3.05) is 32.4 Å². The van der Waals surface area contributed by atoms with E-state index in [2.05, 4.69) is 43.1 Å². The third-order valence-electron chi connectivity index (χ3n) is 3.93. The van der Waals surface area contributed by atoms with Crippen molar-refractivity contribution in [3.8, 4) is 0 Å². The first-order chi connectivity index (χ1) is 9.44. The minimum atomic E-state index is -3.10. The third-order valence-corrected chi connectivity index (χ3v) is 5.97. The van der Waals surface area contributed by atoms with Crippen molar-refractivity contribution < 1.29 is 8.42 Å². The number of rotatable bonds is 4. The number of nitrogens with zero attached hydrogens (tertiary/aromatic N) is 2. The van der Waals surface area contributed by atoms with Gasteiger partial charge in [-0.2, -0.15) is 4.31 Å². The standard InChI is InChI=1S/C15H24N2O2S/c1-4-11-20(18,19)17-10-9-16(3)15(12-17)14-7-5-13(2)6-8-14/h5-8,15H,4,9-12H2,1-3H3. The molecule has 1 aliphatic heterocycles. The molecule has 0 saturated carbocycles. The molecule has 1 saturated heterocycles. The van der Waals surface area contributed by atoms with E-state index in [-0.39, 0.29) is 11.8 Å². The number of sulfonamides is 1. The lowest BCUT2D eigenvalue weighted by Gasteiger charge is -2.39. The molecule has 5 heteroatoms. The fourth-order valence-corrected chi connectivity index (χ4v) is 4.14. The average molecular weight is 296 g/mol. The van der Waals surface area contributed by atoms with Crippen LogP contribution in [0.15, 0.2) is 24.3 Å². The second-order valence-corrected chi connectivity index (χ2v) is 7.67. The molecule has 1 aromatic rings. The maximum Gasteiger partial charge on any atom is 0.214 e. The van der Waals surface area contributed by atoms with E-state index < -0.39 is 10.0 Å². The van der Waals surface area contributed by atoms with Crippen LogP contribution in [0, 0.1) is 6.92 Å². The SMILES string of the molecule is CCCS(=O)(=O)N1CCN(C)C(c2ccc(C)cc2)C1. The van der Waals surface area contributed by atoms with Gasteiger partial charge in [-0.15, -0.1) is 0 Å². The van der Waals surface area contributed by atoms with Crippen LogP contribution in [0.2, 0.25) is 0 Å². The Morgan fingerprint density at radius 2 is 1.85 bits per heavy atom. The van der Waals surface area contributed by atoms with E-state index in [0.29, 0.717) is 19.5 Å². The predicted octanol–water partition coefficient (Wildman–Crippen LogP) is 2.02. The molecule has 0 amide bonds. The summed E-state index contributed by atoms with van der Waals surface area (Å²) >= 11 is 0. The summed E-state index contributed by atoms with van der Waals surface area (Å²) in [5, 5.41) is 0. The van der Waals surface area contributed by atoms with Gasteiger partial charge >= 0.3 is 0 Å². The summed E-state index contributed by atoms with van der Waals surface area (Å²) in [6.45, 7) is 5.90. The van der Waals surface area contributed by atoms with Crippen molar-refractivity contribution in [1.82, 2.24) is 9.21 Å². The highest BCUT2D eigenvalue weighted by Crippen LogP contribution is 2.26. The molecule has 0 spiro atoms. The third kappa shape index (κ3) is 3.40. The molecular weight excluding hydrogens is 272 g/mol. The molecule has 0 bridgehead atoms. The first-order valence-electron chi connectivity index (χ1n) is 7.18. The van der Waals surface area contributed by atoms with Gasteiger partial charge in [0, 0.05) is 25.7 Å². The van der Waals surface area contributed by atoms with Crippen LogP contribution in [0.4, 0.5) is 0 Å². The predicted molar refractivity (Wildman–Crippen MR) is 82.2 cm³/mol. The van der Waals surface area contributed by atoms with E-state index in [1.165, 1.54) is 11.1 Å². The number of hydrogen-bond donors (Lipinski definition) is 0. The van der Waals surface area contributed by atoms with E-state index >= 15 is 0 Å². The van der Waals surface area contributed by atoms with Gasteiger partial charge in [-0.25, -0.2) is 8.42 Å². The van der Waals surface area contributed by atoms with Gasteiger partial charge in [-0.05, 0) is 26.0 Å². The Bertz CT molecular complexity index is 539. The van der Waals surface area contributed by atoms with Crippen LogP contribution < -0.4 is 0 Å². The maximum atomic E-state index is 12.2. The largest absolute Gasteiger partial charge is 0.297 e. The zero-order valence-corrected chi connectivity index (χ0v) is 13.4. The molecular formula is C15H24N2O2S. The molecule has 0 aromatic heterocycles. The van der Waals surface area contributed by atoms with E-state index in [9.17, 15) is 8.42 Å². The van der Waals surface area contributed by atoms with Crippen LogP contribution in [0.1, 0.15) is 30.5 Å². The van der Waals surface area contributed by atoms with Crippen molar-refractivity contribution in [2.24, 2.45) is 0 Å². The van der Waals surface area contributed by atoms with Crippen molar-refractivity contribution in [3.05, 3.63) is 35.4 Å². The van der Waals surface area contributed by atoms with Gasteiger partial charge in [0.15, 0.2) is 0 Å².